The van der Waals surface area contributed by atoms with E-state index in [-0.39, 0.29) is 6.10 Å². The molecule has 0 aliphatic carbocycles. The van der Waals surface area contributed by atoms with E-state index in [9.17, 15) is 0 Å². The number of nitrogens with zero attached hydrogens (tertiary/aromatic N) is 1. The minimum atomic E-state index is 0.143. The highest BCUT2D eigenvalue weighted by atomic mass is 16.6. The Morgan fingerprint density at radius 1 is 1.09 bits per heavy atom. The lowest BCUT2D eigenvalue weighted by molar-refractivity contribution is -0.0386. The van der Waals surface area contributed by atoms with E-state index in [1.165, 1.54) is 38.8 Å². The van der Waals surface area contributed by atoms with Gasteiger partial charge >= 0.3 is 0 Å². The first kappa shape index (κ1) is 14.3. The topological polar surface area (TPSA) is 30.9 Å². The normalized spacial score (nSPS) is 27.7. The number of ether oxygens (including phenoxy) is 3. The van der Waals surface area contributed by atoms with Crippen molar-refractivity contribution in [1.82, 2.24) is 4.90 Å². The summed E-state index contributed by atoms with van der Waals surface area (Å²) in [6, 6.07) is 7.96. The Labute approximate surface area is 132 Å². The first-order valence-corrected chi connectivity index (χ1v) is 8.52. The molecule has 3 aliphatic heterocycles. The summed E-state index contributed by atoms with van der Waals surface area (Å²) < 4.78 is 17.5. The van der Waals surface area contributed by atoms with Gasteiger partial charge in [0.15, 0.2) is 11.5 Å². The number of hydrogen-bond acceptors (Lipinski definition) is 4. The van der Waals surface area contributed by atoms with Gasteiger partial charge in [0.05, 0.1) is 0 Å². The molecule has 0 N–H and O–H groups in total. The third kappa shape index (κ3) is 2.95. The Balaban J connectivity index is 1.37. The third-order valence-corrected chi connectivity index (χ3v) is 5.32. The molecule has 1 aromatic rings. The van der Waals surface area contributed by atoms with Gasteiger partial charge in [0.25, 0.3) is 0 Å². The molecule has 1 aromatic carbocycles. The second-order valence-electron chi connectivity index (χ2n) is 6.95. The van der Waals surface area contributed by atoms with Crippen molar-refractivity contribution in [2.24, 2.45) is 5.41 Å². The Hall–Kier alpha value is -1.26. The van der Waals surface area contributed by atoms with Crippen LogP contribution in [-0.2, 0) is 4.74 Å². The van der Waals surface area contributed by atoms with Gasteiger partial charge in [-0.25, -0.2) is 0 Å². The maximum Gasteiger partial charge on any atom is 0.161 e. The van der Waals surface area contributed by atoms with Crippen LogP contribution in [0.5, 0.6) is 11.5 Å². The first-order chi connectivity index (χ1) is 10.8. The SMILES string of the molecule is c1ccc2c(c1)OCC(CN1CCCC3(CCOCC3)C1)O2. The molecule has 0 amide bonds. The van der Waals surface area contributed by atoms with E-state index in [0.29, 0.717) is 12.0 Å². The summed E-state index contributed by atoms with van der Waals surface area (Å²) >= 11 is 0. The zero-order chi connectivity index (χ0) is 14.8. The lowest BCUT2D eigenvalue weighted by Gasteiger charge is -2.46. The summed E-state index contributed by atoms with van der Waals surface area (Å²) in [4.78, 5) is 2.58. The minimum Gasteiger partial charge on any atom is -0.486 e. The van der Waals surface area contributed by atoms with Crippen LogP contribution < -0.4 is 9.47 Å². The molecular weight excluding hydrogens is 278 g/mol. The minimum absolute atomic E-state index is 0.143. The van der Waals surface area contributed by atoms with E-state index < -0.39 is 0 Å². The van der Waals surface area contributed by atoms with Crippen molar-refractivity contribution in [1.29, 1.82) is 0 Å². The summed E-state index contributed by atoms with van der Waals surface area (Å²) in [5.41, 5.74) is 0.490. The quantitative estimate of drug-likeness (QED) is 0.840. The van der Waals surface area contributed by atoms with Crippen molar-refractivity contribution in [2.75, 3.05) is 39.5 Å². The maximum atomic E-state index is 6.12. The summed E-state index contributed by atoms with van der Waals surface area (Å²) in [7, 11) is 0. The van der Waals surface area contributed by atoms with Crippen LogP contribution in [0.2, 0.25) is 0 Å². The monoisotopic (exact) mass is 303 g/mol. The number of hydrogen-bond donors (Lipinski definition) is 0. The number of rotatable bonds is 2. The van der Waals surface area contributed by atoms with E-state index >= 15 is 0 Å². The lowest BCUT2D eigenvalue weighted by atomic mass is 9.74. The molecule has 22 heavy (non-hydrogen) atoms. The van der Waals surface area contributed by atoms with Gasteiger partial charge in [-0.2, -0.15) is 0 Å². The van der Waals surface area contributed by atoms with Crippen molar-refractivity contribution < 1.29 is 14.2 Å². The fraction of sp³-hybridized carbons (Fsp3) is 0.667. The molecule has 4 rings (SSSR count). The summed E-state index contributed by atoms with van der Waals surface area (Å²) in [5.74, 6) is 1.76. The van der Waals surface area contributed by atoms with Crippen LogP contribution >= 0.6 is 0 Å². The third-order valence-electron chi connectivity index (χ3n) is 5.32. The van der Waals surface area contributed by atoms with Gasteiger partial charge in [-0.05, 0) is 49.8 Å². The molecule has 4 nitrogen and oxygen atoms in total. The van der Waals surface area contributed by atoms with E-state index in [0.717, 1.165) is 31.3 Å². The van der Waals surface area contributed by atoms with Gasteiger partial charge < -0.3 is 14.2 Å². The number of benzene rings is 1. The van der Waals surface area contributed by atoms with Crippen molar-refractivity contribution in [3.63, 3.8) is 0 Å². The maximum absolute atomic E-state index is 6.12. The number of fused-ring (bicyclic) bond motifs is 1. The van der Waals surface area contributed by atoms with Gasteiger partial charge in [-0.15, -0.1) is 0 Å². The highest BCUT2D eigenvalue weighted by Gasteiger charge is 2.37. The average molecular weight is 303 g/mol. The van der Waals surface area contributed by atoms with Crippen molar-refractivity contribution in [2.45, 2.75) is 31.8 Å². The zero-order valence-corrected chi connectivity index (χ0v) is 13.1. The van der Waals surface area contributed by atoms with E-state index in [1.807, 2.05) is 24.3 Å². The van der Waals surface area contributed by atoms with Gasteiger partial charge in [0, 0.05) is 26.3 Å². The molecule has 3 heterocycles. The fourth-order valence-corrected chi connectivity index (χ4v) is 4.12. The highest BCUT2D eigenvalue weighted by Crippen LogP contribution is 2.39. The Kier molecular flexibility index (Phi) is 3.97. The van der Waals surface area contributed by atoms with Crippen molar-refractivity contribution >= 4 is 0 Å². The molecular formula is C18H25NO3. The second-order valence-corrected chi connectivity index (χ2v) is 6.95. The van der Waals surface area contributed by atoms with Gasteiger partial charge in [0.2, 0.25) is 0 Å². The molecule has 0 saturated carbocycles. The second kappa shape index (κ2) is 6.09. The number of likely N-dealkylation sites (tertiary alicyclic amines) is 1. The standard InChI is InChI=1S/C18H25NO3/c1-2-5-17-16(4-1)21-13-15(22-17)12-19-9-3-6-18(14-19)7-10-20-11-8-18/h1-2,4-5,15H,3,6-14H2. The fourth-order valence-electron chi connectivity index (χ4n) is 4.12. The summed E-state index contributed by atoms with van der Waals surface area (Å²) in [5, 5.41) is 0. The molecule has 120 valence electrons. The molecule has 2 fully saturated rings. The summed E-state index contributed by atoms with van der Waals surface area (Å²) in [6.07, 6.45) is 5.23. The molecule has 1 atom stereocenters. The van der Waals surface area contributed by atoms with E-state index in [1.54, 1.807) is 0 Å². The largest absolute Gasteiger partial charge is 0.486 e. The van der Waals surface area contributed by atoms with Crippen LogP contribution in [0, 0.1) is 5.41 Å². The van der Waals surface area contributed by atoms with Crippen LogP contribution in [-0.4, -0.2) is 50.5 Å². The van der Waals surface area contributed by atoms with Crippen LogP contribution in [0.25, 0.3) is 0 Å². The number of piperidine rings is 1. The van der Waals surface area contributed by atoms with Crippen molar-refractivity contribution in [3.05, 3.63) is 24.3 Å². The van der Waals surface area contributed by atoms with E-state index in [4.69, 9.17) is 14.2 Å². The number of para-hydroxylation sites is 2. The Morgan fingerprint density at radius 2 is 1.91 bits per heavy atom. The molecule has 0 aromatic heterocycles. The predicted molar refractivity (Wildman–Crippen MR) is 84.5 cm³/mol. The van der Waals surface area contributed by atoms with Crippen LogP contribution in [0.1, 0.15) is 25.7 Å². The molecule has 3 aliphatic rings. The van der Waals surface area contributed by atoms with Gasteiger partial charge in [-0.1, -0.05) is 12.1 Å². The van der Waals surface area contributed by atoms with Crippen LogP contribution in [0.3, 0.4) is 0 Å². The summed E-state index contributed by atoms with van der Waals surface area (Å²) in [6.45, 7) is 5.87. The van der Waals surface area contributed by atoms with Crippen LogP contribution in [0.15, 0.2) is 24.3 Å². The highest BCUT2D eigenvalue weighted by molar-refractivity contribution is 5.40. The zero-order valence-electron chi connectivity index (χ0n) is 13.1. The average Bonchev–Trinajstić information content (AvgIpc) is 2.56. The molecule has 2 saturated heterocycles. The molecule has 1 unspecified atom stereocenters. The van der Waals surface area contributed by atoms with Gasteiger partial charge in [-0.3, -0.25) is 4.90 Å². The van der Waals surface area contributed by atoms with E-state index in [2.05, 4.69) is 4.90 Å². The van der Waals surface area contributed by atoms with Crippen LogP contribution in [0.4, 0.5) is 0 Å². The molecule has 4 heteroatoms. The Morgan fingerprint density at radius 3 is 2.77 bits per heavy atom. The van der Waals surface area contributed by atoms with Crippen molar-refractivity contribution in [3.8, 4) is 11.5 Å². The molecule has 0 bridgehead atoms. The Bertz CT molecular complexity index is 507. The molecule has 1 spiro atoms. The molecule has 0 radical (unpaired) electrons. The first-order valence-electron chi connectivity index (χ1n) is 8.52. The lowest BCUT2D eigenvalue weighted by Crippen LogP contribution is -2.50. The smallest absolute Gasteiger partial charge is 0.161 e. The predicted octanol–water partition coefficient (Wildman–Crippen LogP) is 2.72. The van der Waals surface area contributed by atoms with Gasteiger partial charge in [0.1, 0.15) is 12.7 Å².